The van der Waals surface area contributed by atoms with Crippen LogP contribution in [0.2, 0.25) is 0 Å². The molecule has 1 aliphatic carbocycles. The molecule has 0 spiro atoms. The van der Waals surface area contributed by atoms with Crippen LogP contribution in [0.3, 0.4) is 0 Å². The van der Waals surface area contributed by atoms with Crippen molar-refractivity contribution in [3.8, 4) is 0 Å². The summed E-state index contributed by atoms with van der Waals surface area (Å²) in [6.07, 6.45) is 4.11. The lowest BCUT2D eigenvalue weighted by molar-refractivity contribution is -0.142. The summed E-state index contributed by atoms with van der Waals surface area (Å²) in [4.78, 5) is 34.0. The Morgan fingerprint density at radius 1 is 1.29 bits per heavy atom. The van der Waals surface area contributed by atoms with Crippen molar-refractivity contribution in [3.05, 3.63) is 0 Å². The molecule has 0 aromatic rings. The van der Waals surface area contributed by atoms with Gasteiger partial charge in [-0.3, -0.25) is 4.79 Å². The van der Waals surface area contributed by atoms with Gasteiger partial charge < -0.3 is 20.5 Å². The summed E-state index contributed by atoms with van der Waals surface area (Å²) in [5.74, 6) is -0.974. The third-order valence-corrected chi connectivity index (χ3v) is 3.61. The number of aliphatic carboxylic acids is 1. The lowest BCUT2D eigenvalue weighted by Gasteiger charge is -2.19. The number of rotatable bonds is 9. The predicted molar refractivity (Wildman–Crippen MR) is 75.8 cm³/mol. The maximum absolute atomic E-state index is 11.8. The molecule has 1 aliphatic rings. The van der Waals surface area contributed by atoms with Gasteiger partial charge in [-0.2, -0.15) is 0 Å². The Bertz CT molecular complexity index is 382. The number of carboxylic acids is 1. The minimum Gasteiger partial charge on any atom is -0.480 e. The fourth-order valence-corrected chi connectivity index (χ4v) is 2.09. The Kier molecular flexibility index (Phi) is 6.98. The first-order valence-electron chi connectivity index (χ1n) is 7.32. The molecular formula is C14H24N2O5. The number of hydrogen-bond donors (Lipinski definition) is 3. The first-order chi connectivity index (χ1) is 9.96. The van der Waals surface area contributed by atoms with Crippen LogP contribution >= 0.6 is 0 Å². The summed E-state index contributed by atoms with van der Waals surface area (Å²) in [7, 11) is 1.24. The van der Waals surface area contributed by atoms with Gasteiger partial charge in [-0.1, -0.05) is 19.8 Å². The molecule has 2 amide bonds. The molecule has 7 heteroatoms. The van der Waals surface area contributed by atoms with Gasteiger partial charge in [0.05, 0.1) is 7.11 Å². The molecule has 1 rings (SSSR count). The second kappa shape index (κ2) is 8.49. The van der Waals surface area contributed by atoms with Crippen LogP contribution in [0.5, 0.6) is 0 Å². The molecule has 0 aliphatic heterocycles. The average Bonchev–Trinajstić information content (AvgIpc) is 3.25. The molecular weight excluding hydrogens is 276 g/mol. The summed E-state index contributed by atoms with van der Waals surface area (Å²) in [6, 6.07) is -1.53. The molecule has 0 saturated heterocycles. The Balaban J connectivity index is 2.39. The van der Waals surface area contributed by atoms with Gasteiger partial charge in [0.15, 0.2) is 0 Å². The first kappa shape index (κ1) is 17.3. The van der Waals surface area contributed by atoms with E-state index in [1.807, 2.05) is 6.92 Å². The van der Waals surface area contributed by atoms with Gasteiger partial charge in [0.25, 0.3) is 0 Å². The summed E-state index contributed by atoms with van der Waals surface area (Å²) in [6.45, 7) is 1.99. The number of esters is 1. The molecule has 21 heavy (non-hydrogen) atoms. The Morgan fingerprint density at radius 3 is 2.43 bits per heavy atom. The van der Waals surface area contributed by atoms with Crippen molar-refractivity contribution in [1.29, 1.82) is 0 Å². The van der Waals surface area contributed by atoms with Gasteiger partial charge in [-0.15, -0.1) is 0 Å². The highest BCUT2D eigenvalue weighted by atomic mass is 16.5. The number of ether oxygens (including phenoxy) is 1. The van der Waals surface area contributed by atoms with Crippen LogP contribution < -0.4 is 10.6 Å². The van der Waals surface area contributed by atoms with E-state index >= 15 is 0 Å². The van der Waals surface area contributed by atoms with E-state index in [0.29, 0.717) is 5.92 Å². The third kappa shape index (κ3) is 6.97. The van der Waals surface area contributed by atoms with E-state index in [9.17, 15) is 14.4 Å². The van der Waals surface area contributed by atoms with Crippen molar-refractivity contribution < 1.29 is 24.2 Å². The zero-order chi connectivity index (χ0) is 15.8. The Hall–Kier alpha value is -1.79. The van der Waals surface area contributed by atoms with Crippen molar-refractivity contribution >= 4 is 18.0 Å². The van der Waals surface area contributed by atoms with Gasteiger partial charge >= 0.3 is 18.0 Å². The van der Waals surface area contributed by atoms with E-state index in [1.54, 1.807) is 0 Å². The molecule has 0 aromatic heterocycles. The SMILES string of the molecule is CCC(CC1CC1)NC(=O)N[C@@H](CCC(=O)OC)C(=O)O. The number of carboxylic acid groups (broad SMARTS) is 1. The van der Waals surface area contributed by atoms with Crippen LogP contribution in [-0.2, 0) is 14.3 Å². The number of methoxy groups -OCH3 is 1. The van der Waals surface area contributed by atoms with Gasteiger partial charge in [0.2, 0.25) is 0 Å². The molecule has 2 atom stereocenters. The van der Waals surface area contributed by atoms with Crippen molar-refractivity contribution in [2.75, 3.05) is 7.11 Å². The lowest BCUT2D eigenvalue weighted by atomic mass is 10.1. The van der Waals surface area contributed by atoms with E-state index in [-0.39, 0.29) is 18.9 Å². The molecule has 7 nitrogen and oxygen atoms in total. The smallest absolute Gasteiger partial charge is 0.326 e. The number of carbonyl (C=O) groups excluding carboxylic acids is 2. The van der Waals surface area contributed by atoms with Gasteiger partial charge in [-0.05, 0) is 25.2 Å². The molecule has 0 bridgehead atoms. The summed E-state index contributed by atoms with van der Waals surface area (Å²) in [5.41, 5.74) is 0. The van der Waals surface area contributed by atoms with E-state index in [0.717, 1.165) is 12.8 Å². The molecule has 1 saturated carbocycles. The number of urea groups is 1. The normalized spacial score (nSPS) is 16.7. The standard InChI is InChI=1S/C14H24N2O5/c1-3-10(8-9-4-5-9)15-14(20)16-11(13(18)19)6-7-12(17)21-2/h9-11H,3-8H2,1-2H3,(H,18,19)(H2,15,16,20)/t10?,11-/m0/s1. The zero-order valence-electron chi connectivity index (χ0n) is 12.6. The summed E-state index contributed by atoms with van der Waals surface area (Å²) >= 11 is 0. The van der Waals surface area contributed by atoms with Crippen LogP contribution in [0.1, 0.15) is 45.4 Å². The third-order valence-electron chi connectivity index (χ3n) is 3.61. The number of nitrogens with one attached hydrogen (secondary N) is 2. The fourth-order valence-electron chi connectivity index (χ4n) is 2.09. The quantitative estimate of drug-likeness (QED) is 0.556. The minimum atomic E-state index is -1.16. The van der Waals surface area contributed by atoms with Crippen LogP contribution in [0, 0.1) is 5.92 Å². The molecule has 1 fully saturated rings. The molecule has 0 aromatic carbocycles. The van der Waals surface area contributed by atoms with Gasteiger partial charge in [0.1, 0.15) is 6.04 Å². The van der Waals surface area contributed by atoms with E-state index in [4.69, 9.17) is 5.11 Å². The minimum absolute atomic E-state index is 0.00877. The molecule has 120 valence electrons. The van der Waals surface area contributed by atoms with E-state index < -0.39 is 24.0 Å². The largest absolute Gasteiger partial charge is 0.480 e. The highest BCUT2D eigenvalue weighted by molar-refractivity contribution is 5.83. The second-order valence-electron chi connectivity index (χ2n) is 5.41. The van der Waals surface area contributed by atoms with Crippen LogP contribution in [0.4, 0.5) is 4.79 Å². The second-order valence-corrected chi connectivity index (χ2v) is 5.41. The Morgan fingerprint density at radius 2 is 1.95 bits per heavy atom. The van der Waals surface area contributed by atoms with Crippen molar-refractivity contribution in [1.82, 2.24) is 10.6 Å². The zero-order valence-corrected chi connectivity index (χ0v) is 12.6. The van der Waals surface area contributed by atoms with Crippen LogP contribution in [0.25, 0.3) is 0 Å². The molecule has 3 N–H and O–H groups in total. The van der Waals surface area contributed by atoms with E-state index in [1.165, 1.54) is 20.0 Å². The highest BCUT2D eigenvalue weighted by Crippen LogP contribution is 2.33. The topological polar surface area (TPSA) is 105 Å². The fraction of sp³-hybridized carbons (Fsp3) is 0.786. The van der Waals surface area contributed by atoms with Crippen LogP contribution in [0.15, 0.2) is 0 Å². The molecule has 0 radical (unpaired) electrons. The summed E-state index contributed by atoms with van der Waals surface area (Å²) in [5, 5.41) is 14.3. The monoisotopic (exact) mass is 300 g/mol. The maximum Gasteiger partial charge on any atom is 0.326 e. The Labute approximate surface area is 124 Å². The van der Waals surface area contributed by atoms with Crippen molar-refractivity contribution in [2.45, 2.75) is 57.5 Å². The molecule has 1 unspecified atom stereocenters. The molecule has 0 heterocycles. The average molecular weight is 300 g/mol. The predicted octanol–water partition coefficient (Wildman–Crippen LogP) is 1.27. The van der Waals surface area contributed by atoms with Crippen molar-refractivity contribution in [2.24, 2.45) is 5.92 Å². The van der Waals surface area contributed by atoms with Gasteiger partial charge in [-0.25, -0.2) is 9.59 Å². The highest BCUT2D eigenvalue weighted by Gasteiger charge is 2.27. The number of carbonyl (C=O) groups is 3. The maximum atomic E-state index is 11.8. The lowest BCUT2D eigenvalue weighted by Crippen LogP contribution is -2.49. The first-order valence-corrected chi connectivity index (χ1v) is 7.32. The summed E-state index contributed by atoms with van der Waals surface area (Å²) < 4.78 is 4.46. The van der Waals surface area contributed by atoms with Crippen molar-refractivity contribution in [3.63, 3.8) is 0 Å². The van der Waals surface area contributed by atoms with Gasteiger partial charge in [0, 0.05) is 12.5 Å². The number of amides is 2. The van der Waals surface area contributed by atoms with E-state index in [2.05, 4.69) is 15.4 Å². The van der Waals surface area contributed by atoms with Crippen LogP contribution in [-0.4, -0.2) is 42.3 Å². The number of hydrogen-bond acceptors (Lipinski definition) is 4.